The number of amides is 1. The van der Waals surface area contributed by atoms with Crippen LogP contribution in [-0.4, -0.2) is 10.8 Å². The van der Waals surface area contributed by atoms with Crippen molar-refractivity contribution in [2.24, 2.45) is 0 Å². The first kappa shape index (κ1) is 10.1. The topological polar surface area (TPSA) is 72.2 Å². The molecule has 0 radical (unpaired) electrons. The monoisotopic (exact) mass is 270 g/mol. The average molecular weight is 271 g/mol. The minimum atomic E-state index is -0.443. The zero-order valence-corrected chi connectivity index (χ0v) is 9.20. The van der Waals surface area contributed by atoms with Gasteiger partial charge in [0.05, 0.1) is 10.6 Å². The van der Waals surface area contributed by atoms with Crippen molar-refractivity contribution in [3.8, 4) is 0 Å². The van der Waals surface area contributed by atoms with Gasteiger partial charge in [0.15, 0.2) is 0 Å². The second kappa shape index (κ2) is 3.62. The normalized spacial score (nSPS) is 14.3. The van der Waals surface area contributed by atoms with Gasteiger partial charge >= 0.3 is 0 Å². The van der Waals surface area contributed by atoms with Gasteiger partial charge in [-0.3, -0.25) is 14.9 Å². The van der Waals surface area contributed by atoms with Crippen LogP contribution < -0.4 is 5.32 Å². The lowest BCUT2D eigenvalue weighted by Crippen LogP contribution is -2.19. The minimum Gasteiger partial charge on any atom is -0.325 e. The van der Waals surface area contributed by atoms with Crippen molar-refractivity contribution in [3.63, 3.8) is 0 Å². The van der Waals surface area contributed by atoms with E-state index in [1.165, 1.54) is 12.1 Å². The molecule has 1 amide bonds. The van der Waals surface area contributed by atoms with Gasteiger partial charge in [0.1, 0.15) is 0 Å². The maximum absolute atomic E-state index is 11.1. The Balaban J connectivity index is 2.52. The van der Waals surface area contributed by atoms with E-state index in [0.717, 1.165) is 5.56 Å². The Kier molecular flexibility index (Phi) is 2.44. The summed E-state index contributed by atoms with van der Waals surface area (Å²) >= 11 is 3.21. The number of nitrogens with zero attached hydrogens (tertiary/aromatic N) is 1. The number of rotatable bonds is 1. The smallest absolute Gasteiger partial charge is 0.270 e. The van der Waals surface area contributed by atoms with Gasteiger partial charge in [0.2, 0.25) is 5.91 Å². The molecule has 78 valence electrons. The van der Waals surface area contributed by atoms with Crippen LogP contribution in [0.25, 0.3) is 0 Å². The quantitative estimate of drug-likeness (QED) is 0.628. The molecule has 0 unspecified atom stereocenters. The molecule has 0 fully saturated rings. The molecule has 0 aromatic heterocycles. The molecule has 0 saturated carbocycles. The highest BCUT2D eigenvalue weighted by atomic mass is 79.9. The third-order valence-corrected chi connectivity index (χ3v) is 2.88. The van der Waals surface area contributed by atoms with E-state index in [4.69, 9.17) is 0 Å². The van der Waals surface area contributed by atoms with Crippen molar-refractivity contribution in [1.29, 1.82) is 0 Å². The van der Waals surface area contributed by atoms with Crippen molar-refractivity contribution in [1.82, 2.24) is 0 Å². The first-order valence-electron chi connectivity index (χ1n) is 4.34. The van der Waals surface area contributed by atoms with Gasteiger partial charge in [0, 0.05) is 23.0 Å². The Morgan fingerprint density at radius 1 is 1.40 bits per heavy atom. The number of nitro groups is 1. The van der Waals surface area contributed by atoms with E-state index in [2.05, 4.69) is 21.2 Å². The lowest BCUT2D eigenvalue weighted by atomic mass is 10.0. The number of halogens is 1. The Morgan fingerprint density at radius 3 is 2.80 bits per heavy atom. The molecule has 5 nitrogen and oxygen atoms in total. The predicted molar refractivity (Wildman–Crippen MR) is 57.7 cm³/mol. The number of carbonyl (C=O) groups excluding carboxylic acids is 1. The number of nitrogens with one attached hydrogen (secondary N) is 1. The number of aryl methyl sites for hydroxylation is 1. The van der Waals surface area contributed by atoms with Gasteiger partial charge in [-0.25, -0.2) is 0 Å². The second-order valence-electron chi connectivity index (χ2n) is 3.27. The van der Waals surface area contributed by atoms with Crippen molar-refractivity contribution in [3.05, 3.63) is 32.3 Å². The number of non-ortho nitro benzene ring substituents is 1. The van der Waals surface area contributed by atoms with Gasteiger partial charge in [-0.05, 0) is 27.9 Å². The summed E-state index contributed by atoms with van der Waals surface area (Å²) in [5.74, 6) is -0.0583. The van der Waals surface area contributed by atoms with Crippen LogP contribution in [0.4, 0.5) is 11.4 Å². The van der Waals surface area contributed by atoms with Gasteiger partial charge in [0.25, 0.3) is 5.69 Å². The molecule has 0 bridgehead atoms. The van der Waals surface area contributed by atoms with Crippen molar-refractivity contribution < 1.29 is 9.72 Å². The van der Waals surface area contributed by atoms with Crippen molar-refractivity contribution in [2.75, 3.05) is 5.32 Å². The van der Waals surface area contributed by atoms with Gasteiger partial charge in [-0.15, -0.1) is 0 Å². The van der Waals surface area contributed by atoms with E-state index in [0.29, 0.717) is 23.0 Å². The summed E-state index contributed by atoms with van der Waals surface area (Å²) in [4.78, 5) is 21.3. The summed E-state index contributed by atoms with van der Waals surface area (Å²) in [6.07, 6.45) is 0.919. The van der Waals surface area contributed by atoms with Crippen molar-refractivity contribution in [2.45, 2.75) is 12.8 Å². The summed E-state index contributed by atoms with van der Waals surface area (Å²) < 4.78 is 0.555. The van der Waals surface area contributed by atoms with Crippen LogP contribution in [0, 0.1) is 10.1 Å². The van der Waals surface area contributed by atoms with Crippen LogP contribution in [-0.2, 0) is 11.2 Å². The van der Waals surface area contributed by atoms with Gasteiger partial charge < -0.3 is 5.32 Å². The summed E-state index contributed by atoms with van der Waals surface area (Å²) in [5.41, 5.74) is 1.49. The lowest BCUT2D eigenvalue weighted by molar-refractivity contribution is -0.385. The van der Waals surface area contributed by atoms with E-state index >= 15 is 0 Å². The van der Waals surface area contributed by atoms with E-state index in [1.54, 1.807) is 0 Å². The number of nitro benzene ring substituents is 1. The van der Waals surface area contributed by atoms with Crippen LogP contribution >= 0.6 is 15.9 Å². The molecule has 1 aromatic carbocycles. The molecule has 15 heavy (non-hydrogen) atoms. The second-order valence-corrected chi connectivity index (χ2v) is 4.12. The highest BCUT2D eigenvalue weighted by Crippen LogP contribution is 2.34. The van der Waals surface area contributed by atoms with Gasteiger partial charge in [-0.1, -0.05) is 0 Å². The molecule has 1 aliphatic heterocycles. The number of benzene rings is 1. The van der Waals surface area contributed by atoms with Crippen LogP contribution in [0.2, 0.25) is 0 Å². The molecule has 0 aliphatic carbocycles. The van der Waals surface area contributed by atoms with E-state index in [-0.39, 0.29) is 11.6 Å². The Labute approximate surface area is 93.8 Å². The average Bonchev–Trinajstić information content (AvgIpc) is 2.18. The van der Waals surface area contributed by atoms with E-state index in [1.807, 2.05) is 0 Å². The predicted octanol–water partition coefficient (Wildman–Crippen LogP) is 2.24. The standard InChI is InChI=1S/C9H7BrN2O3/c10-7-4-6(12(14)15)3-5-1-2-8(13)11-9(5)7/h3-4H,1-2H2,(H,11,13). The minimum absolute atomic E-state index is 0.0387. The van der Waals surface area contributed by atoms with Crippen LogP contribution in [0.3, 0.4) is 0 Å². The number of anilines is 1. The Bertz CT molecular complexity index is 459. The Morgan fingerprint density at radius 2 is 2.13 bits per heavy atom. The van der Waals surface area contributed by atoms with E-state index in [9.17, 15) is 14.9 Å². The molecule has 0 saturated heterocycles. The lowest BCUT2D eigenvalue weighted by Gasteiger charge is -2.17. The first-order chi connectivity index (χ1) is 7.08. The maximum atomic E-state index is 11.1. The fraction of sp³-hybridized carbons (Fsp3) is 0.222. The first-order valence-corrected chi connectivity index (χ1v) is 5.14. The molecule has 1 aliphatic rings. The summed E-state index contributed by atoms with van der Waals surface area (Å²) in [6.45, 7) is 0. The summed E-state index contributed by atoms with van der Waals surface area (Å²) in [5, 5.41) is 13.3. The molecule has 1 N–H and O–H groups in total. The number of fused-ring (bicyclic) bond motifs is 1. The molecular formula is C9H7BrN2O3. The number of carbonyl (C=O) groups is 1. The van der Waals surface area contributed by atoms with E-state index < -0.39 is 4.92 Å². The number of hydrogen-bond donors (Lipinski definition) is 1. The van der Waals surface area contributed by atoms with Crippen LogP contribution in [0.1, 0.15) is 12.0 Å². The molecule has 2 rings (SSSR count). The number of hydrogen-bond acceptors (Lipinski definition) is 3. The van der Waals surface area contributed by atoms with Crippen LogP contribution in [0.15, 0.2) is 16.6 Å². The SMILES string of the molecule is O=C1CCc2cc([N+](=O)[O-])cc(Br)c2N1. The fourth-order valence-electron chi connectivity index (χ4n) is 1.54. The molecular weight excluding hydrogens is 264 g/mol. The zero-order chi connectivity index (χ0) is 11.0. The highest BCUT2D eigenvalue weighted by Gasteiger charge is 2.20. The molecule has 0 atom stereocenters. The summed E-state index contributed by atoms with van der Waals surface area (Å²) in [6, 6.07) is 2.89. The maximum Gasteiger partial charge on any atom is 0.270 e. The van der Waals surface area contributed by atoms with Gasteiger partial charge in [-0.2, -0.15) is 0 Å². The fourth-order valence-corrected chi connectivity index (χ4v) is 2.13. The summed E-state index contributed by atoms with van der Waals surface area (Å²) in [7, 11) is 0. The molecule has 1 aromatic rings. The molecule has 6 heteroatoms. The third-order valence-electron chi connectivity index (χ3n) is 2.25. The Hall–Kier alpha value is -1.43. The van der Waals surface area contributed by atoms with Crippen molar-refractivity contribution >= 4 is 33.2 Å². The largest absolute Gasteiger partial charge is 0.325 e. The molecule has 1 heterocycles. The highest BCUT2D eigenvalue weighted by molar-refractivity contribution is 9.10. The third kappa shape index (κ3) is 1.85. The molecule has 0 spiro atoms. The van der Waals surface area contributed by atoms with Crippen LogP contribution in [0.5, 0.6) is 0 Å². The zero-order valence-electron chi connectivity index (χ0n) is 7.62.